The number of allylic oxidation sites excluding steroid dienone is 1. The number of hydrogen-bond acceptors (Lipinski definition) is 5. The predicted octanol–water partition coefficient (Wildman–Crippen LogP) is 6.25. The van der Waals surface area contributed by atoms with E-state index < -0.39 is 10.1 Å². The van der Waals surface area contributed by atoms with Gasteiger partial charge in [0.1, 0.15) is 4.90 Å². The second-order valence-corrected chi connectivity index (χ2v) is 9.40. The van der Waals surface area contributed by atoms with Crippen LogP contribution in [0.15, 0.2) is 70.0 Å². The Morgan fingerprint density at radius 2 is 1.74 bits per heavy atom. The van der Waals surface area contributed by atoms with Crippen LogP contribution in [0.25, 0.3) is 11.6 Å². The molecule has 158 valence electrons. The summed E-state index contributed by atoms with van der Waals surface area (Å²) in [6, 6.07) is 18.6. The van der Waals surface area contributed by atoms with Gasteiger partial charge in [0, 0.05) is 5.02 Å². The van der Waals surface area contributed by atoms with E-state index in [0.29, 0.717) is 26.2 Å². The SMILES string of the molecule is COc1cc(/C=C(\C#N)c2ccc(Cl)cc2)cc(Br)c1OS(=O)(=O)c1ccc(C)cc1. The predicted molar refractivity (Wildman–Crippen MR) is 125 cm³/mol. The quantitative estimate of drug-likeness (QED) is 0.219. The number of ether oxygens (including phenoxy) is 1. The molecule has 0 atom stereocenters. The largest absolute Gasteiger partial charge is 0.493 e. The van der Waals surface area contributed by atoms with Gasteiger partial charge in [-0.25, -0.2) is 0 Å². The number of hydrogen-bond donors (Lipinski definition) is 0. The van der Waals surface area contributed by atoms with Crippen LogP contribution >= 0.6 is 27.5 Å². The summed E-state index contributed by atoms with van der Waals surface area (Å²) in [6.45, 7) is 1.86. The van der Waals surface area contributed by atoms with E-state index in [2.05, 4.69) is 22.0 Å². The van der Waals surface area contributed by atoms with Crippen molar-refractivity contribution in [1.29, 1.82) is 5.26 Å². The maximum atomic E-state index is 12.7. The van der Waals surface area contributed by atoms with Crippen LogP contribution in [-0.4, -0.2) is 15.5 Å². The van der Waals surface area contributed by atoms with E-state index in [4.69, 9.17) is 20.5 Å². The average molecular weight is 519 g/mol. The Labute approximate surface area is 194 Å². The normalized spacial score (nSPS) is 11.6. The number of rotatable bonds is 6. The van der Waals surface area contributed by atoms with Crippen LogP contribution in [0.3, 0.4) is 0 Å². The number of halogens is 2. The monoisotopic (exact) mass is 517 g/mol. The summed E-state index contributed by atoms with van der Waals surface area (Å²) in [6.07, 6.45) is 1.66. The average Bonchev–Trinajstić information content (AvgIpc) is 2.74. The van der Waals surface area contributed by atoms with Crippen molar-refractivity contribution in [1.82, 2.24) is 0 Å². The molecule has 0 saturated heterocycles. The highest BCUT2D eigenvalue weighted by atomic mass is 79.9. The Balaban J connectivity index is 1.99. The summed E-state index contributed by atoms with van der Waals surface area (Å²) in [7, 11) is -2.66. The minimum Gasteiger partial charge on any atom is -0.493 e. The van der Waals surface area contributed by atoms with E-state index in [1.165, 1.54) is 19.2 Å². The van der Waals surface area contributed by atoms with Crippen LogP contribution in [0, 0.1) is 18.3 Å². The van der Waals surface area contributed by atoms with Crippen molar-refractivity contribution < 1.29 is 17.3 Å². The van der Waals surface area contributed by atoms with Gasteiger partial charge >= 0.3 is 10.1 Å². The van der Waals surface area contributed by atoms with E-state index >= 15 is 0 Å². The Hall–Kier alpha value is -2.79. The van der Waals surface area contributed by atoms with E-state index in [0.717, 1.165) is 5.56 Å². The molecular weight excluding hydrogens is 502 g/mol. The van der Waals surface area contributed by atoms with E-state index in [-0.39, 0.29) is 16.4 Å². The Morgan fingerprint density at radius 1 is 1.10 bits per heavy atom. The molecule has 0 amide bonds. The van der Waals surface area contributed by atoms with Crippen molar-refractivity contribution >= 4 is 49.3 Å². The molecule has 0 aliphatic rings. The highest BCUT2D eigenvalue weighted by molar-refractivity contribution is 9.10. The van der Waals surface area contributed by atoms with Crippen LogP contribution < -0.4 is 8.92 Å². The first-order valence-electron chi connectivity index (χ1n) is 9.00. The van der Waals surface area contributed by atoms with Crippen LogP contribution in [0.1, 0.15) is 16.7 Å². The third kappa shape index (κ3) is 5.47. The lowest BCUT2D eigenvalue weighted by Gasteiger charge is -2.14. The lowest BCUT2D eigenvalue weighted by atomic mass is 10.0. The fourth-order valence-corrected chi connectivity index (χ4v) is 4.47. The smallest absolute Gasteiger partial charge is 0.339 e. The first-order chi connectivity index (χ1) is 14.7. The minimum atomic E-state index is -4.06. The van der Waals surface area contributed by atoms with Crippen molar-refractivity contribution in [3.05, 3.63) is 86.8 Å². The van der Waals surface area contributed by atoms with Crippen LogP contribution in [0.4, 0.5) is 0 Å². The molecule has 0 bridgehead atoms. The third-order valence-corrected chi connectivity index (χ3v) is 6.42. The van der Waals surface area contributed by atoms with Crippen LogP contribution in [0.5, 0.6) is 11.5 Å². The topological polar surface area (TPSA) is 76.4 Å². The van der Waals surface area contributed by atoms with E-state index in [1.807, 2.05) is 6.92 Å². The van der Waals surface area contributed by atoms with Gasteiger partial charge in [0.05, 0.1) is 23.2 Å². The van der Waals surface area contributed by atoms with Gasteiger partial charge in [-0.2, -0.15) is 13.7 Å². The molecule has 3 aromatic carbocycles. The number of benzene rings is 3. The van der Waals surface area contributed by atoms with Gasteiger partial charge < -0.3 is 8.92 Å². The fraction of sp³-hybridized carbons (Fsp3) is 0.0870. The highest BCUT2D eigenvalue weighted by Crippen LogP contribution is 2.39. The van der Waals surface area contributed by atoms with Crippen LogP contribution in [-0.2, 0) is 10.1 Å². The maximum absolute atomic E-state index is 12.7. The molecule has 0 aliphatic carbocycles. The van der Waals surface area contributed by atoms with Gasteiger partial charge in [0.25, 0.3) is 0 Å². The van der Waals surface area contributed by atoms with Gasteiger partial charge in [0.15, 0.2) is 11.5 Å². The number of nitriles is 1. The molecule has 0 radical (unpaired) electrons. The molecule has 31 heavy (non-hydrogen) atoms. The summed E-state index contributed by atoms with van der Waals surface area (Å²) in [4.78, 5) is 0.0329. The highest BCUT2D eigenvalue weighted by Gasteiger charge is 2.22. The number of methoxy groups -OCH3 is 1. The molecule has 0 N–H and O–H groups in total. The molecule has 0 fully saturated rings. The zero-order valence-corrected chi connectivity index (χ0v) is 19.8. The summed E-state index contributed by atoms with van der Waals surface area (Å²) < 4.78 is 36.5. The van der Waals surface area contributed by atoms with Gasteiger partial charge in [-0.1, -0.05) is 41.4 Å². The molecular formula is C23H17BrClNO4S. The summed E-state index contributed by atoms with van der Waals surface area (Å²) in [5, 5.41) is 10.1. The number of aryl methyl sites for hydroxylation is 1. The molecule has 0 heterocycles. The number of nitrogens with zero attached hydrogens (tertiary/aromatic N) is 1. The second-order valence-electron chi connectivity index (χ2n) is 6.56. The molecule has 0 unspecified atom stereocenters. The van der Waals surface area contributed by atoms with Gasteiger partial charge in [-0.15, -0.1) is 0 Å². The first kappa shape index (κ1) is 22.9. The van der Waals surface area contributed by atoms with E-state index in [1.54, 1.807) is 54.6 Å². The van der Waals surface area contributed by atoms with Crippen molar-refractivity contribution in [2.75, 3.05) is 7.11 Å². The molecule has 0 saturated carbocycles. The van der Waals surface area contributed by atoms with Crippen molar-refractivity contribution in [3.8, 4) is 17.6 Å². The Morgan fingerprint density at radius 3 is 2.32 bits per heavy atom. The van der Waals surface area contributed by atoms with Crippen molar-refractivity contribution in [2.45, 2.75) is 11.8 Å². The van der Waals surface area contributed by atoms with E-state index in [9.17, 15) is 13.7 Å². The van der Waals surface area contributed by atoms with Gasteiger partial charge in [0.2, 0.25) is 0 Å². The molecule has 3 rings (SSSR count). The van der Waals surface area contributed by atoms with Crippen molar-refractivity contribution in [2.24, 2.45) is 0 Å². The van der Waals surface area contributed by atoms with Gasteiger partial charge in [-0.05, 0) is 76.5 Å². The molecule has 0 aliphatic heterocycles. The lowest BCUT2D eigenvalue weighted by molar-refractivity contribution is 0.389. The molecule has 5 nitrogen and oxygen atoms in total. The summed E-state index contributed by atoms with van der Waals surface area (Å²) in [5.74, 6) is 0.218. The Bertz CT molecular complexity index is 1280. The molecule has 8 heteroatoms. The fourth-order valence-electron chi connectivity index (χ4n) is 2.74. The molecule has 0 aromatic heterocycles. The second kappa shape index (κ2) is 9.56. The standard InChI is InChI=1S/C23H17BrClNO4S/c1-15-3-9-20(10-4-15)31(27,28)30-23-21(24)12-16(13-22(23)29-2)11-18(14-26)17-5-7-19(25)8-6-17/h3-13H,1-2H3/b18-11+. The zero-order valence-electron chi connectivity index (χ0n) is 16.6. The van der Waals surface area contributed by atoms with Crippen LogP contribution in [0.2, 0.25) is 5.02 Å². The zero-order chi connectivity index (χ0) is 22.6. The molecule has 0 spiro atoms. The summed E-state index contributed by atoms with van der Waals surface area (Å²) in [5.41, 5.74) is 2.66. The molecule has 3 aromatic rings. The van der Waals surface area contributed by atoms with Gasteiger partial charge in [-0.3, -0.25) is 0 Å². The van der Waals surface area contributed by atoms with Crippen molar-refractivity contribution in [3.63, 3.8) is 0 Å². The lowest BCUT2D eigenvalue weighted by Crippen LogP contribution is -2.11. The summed E-state index contributed by atoms with van der Waals surface area (Å²) >= 11 is 9.27. The Kier molecular flexibility index (Phi) is 7.06. The first-order valence-corrected chi connectivity index (χ1v) is 11.6. The maximum Gasteiger partial charge on any atom is 0.339 e. The minimum absolute atomic E-state index is 0.0187. The third-order valence-electron chi connectivity index (χ3n) is 4.34.